The Morgan fingerprint density at radius 2 is 1.83 bits per heavy atom. The van der Waals surface area contributed by atoms with Gasteiger partial charge in [0.15, 0.2) is 5.82 Å². The first kappa shape index (κ1) is 21.8. The molecule has 1 N–H and O–H groups in total. The Hall–Kier alpha value is -4.72. The zero-order valence-corrected chi connectivity index (χ0v) is 19.4. The van der Waals surface area contributed by atoms with Crippen LogP contribution < -0.4 is 10.3 Å². The molecular formula is C28H23N5O3. The summed E-state index contributed by atoms with van der Waals surface area (Å²) in [6, 6.07) is 22.0. The van der Waals surface area contributed by atoms with E-state index in [2.05, 4.69) is 9.97 Å². The fraction of sp³-hybridized carbons (Fsp3) is 0.143. The average Bonchev–Trinajstić information content (AvgIpc) is 3.51. The Bertz CT molecular complexity index is 1610. The van der Waals surface area contributed by atoms with Crippen molar-refractivity contribution in [1.82, 2.24) is 24.4 Å². The van der Waals surface area contributed by atoms with Crippen LogP contribution in [0.1, 0.15) is 18.4 Å². The number of nitrogens with zero attached hydrogens (tertiary/aromatic N) is 4. The van der Waals surface area contributed by atoms with Crippen molar-refractivity contribution in [3.8, 4) is 28.7 Å². The van der Waals surface area contributed by atoms with E-state index in [4.69, 9.17) is 9.72 Å². The number of hydrogen-bond donors (Lipinski definition) is 1. The first-order valence-corrected chi connectivity index (χ1v) is 11.8. The van der Waals surface area contributed by atoms with E-state index in [0.29, 0.717) is 30.3 Å². The van der Waals surface area contributed by atoms with E-state index < -0.39 is 0 Å². The lowest BCUT2D eigenvalue weighted by atomic mass is 10.1. The molecule has 6 rings (SSSR count). The number of benzene rings is 2. The first-order chi connectivity index (χ1) is 17.6. The second-order valence-electron chi connectivity index (χ2n) is 8.70. The van der Waals surface area contributed by atoms with Gasteiger partial charge in [-0.05, 0) is 55.0 Å². The Balaban J connectivity index is 1.36. The number of likely N-dealkylation sites (tertiary alicyclic amines) is 1. The van der Waals surface area contributed by atoms with Crippen molar-refractivity contribution in [3.63, 3.8) is 0 Å². The predicted molar refractivity (Wildman–Crippen MR) is 136 cm³/mol. The second kappa shape index (κ2) is 9.14. The molecule has 4 heterocycles. The van der Waals surface area contributed by atoms with E-state index in [9.17, 15) is 9.59 Å². The highest BCUT2D eigenvalue weighted by Gasteiger charge is 2.22. The van der Waals surface area contributed by atoms with Gasteiger partial charge in [-0.15, -0.1) is 0 Å². The molecule has 0 saturated carbocycles. The number of hydrogen-bond acceptors (Lipinski definition) is 5. The summed E-state index contributed by atoms with van der Waals surface area (Å²) >= 11 is 0. The number of aromatic nitrogens is 4. The van der Waals surface area contributed by atoms with Crippen LogP contribution in [-0.4, -0.2) is 36.9 Å². The summed E-state index contributed by atoms with van der Waals surface area (Å²) in [5, 5.41) is 0. The summed E-state index contributed by atoms with van der Waals surface area (Å²) in [4.78, 5) is 38.8. The number of aromatic amines is 1. The molecule has 0 aliphatic carbocycles. The van der Waals surface area contributed by atoms with Crippen LogP contribution in [0.3, 0.4) is 0 Å². The van der Waals surface area contributed by atoms with Crippen molar-refractivity contribution in [3.05, 3.63) is 101 Å². The van der Waals surface area contributed by atoms with E-state index >= 15 is 0 Å². The Kier molecular flexibility index (Phi) is 5.53. The number of nitrogens with one attached hydrogen (secondary N) is 1. The van der Waals surface area contributed by atoms with Crippen LogP contribution in [0.5, 0.6) is 11.5 Å². The molecule has 1 fully saturated rings. The third kappa shape index (κ3) is 4.24. The summed E-state index contributed by atoms with van der Waals surface area (Å²) < 4.78 is 7.88. The maximum atomic E-state index is 12.3. The number of carbonyl (C=O) groups excluding carboxylic acids is 1. The van der Waals surface area contributed by atoms with Crippen molar-refractivity contribution < 1.29 is 9.53 Å². The zero-order valence-electron chi connectivity index (χ0n) is 19.4. The van der Waals surface area contributed by atoms with Gasteiger partial charge in [-0.25, -0.2) is 4.98 Å². The van der Waals surface area contributed by atoms with Gasteiger partial charge in [-0.3, -0.25) is 19.1 Å². The first-order valence-electron chi connectivity index (χ1n) is 11.8. The largest absolute Gasteiger partial charge is 0.457 e. The number of amides is 1. The molecule has 0 radical (unpaired) electrons. The highest BCUT2D eigenvalue weighted by atomic mass is 16.5. The summed E-state index contributed by atoms with van der Waals surface area (Å²) in [6.07, 6.45) is 4.90. The third-order valence-electron chi connectivity index (χ3n) is 6.27. The number of fused-ring (bicyclic) bond motifs is 1. The SMILES string of the molecule is O=C1CCCN1Cc1cc2[nH]c(-c3ccccn3)nc2cc1Oc1ccc(-n2ccccc2=O)cc1. The number of carbonyl (C=O) groups is 1. The topological polar surface area (TPSA) is 93.1 Å². The van der Waals surface area contributed by atoms with Crippen LogP contribution in [0.2, 0.25) is 0 Å². The monoisotopic (exact) mass is 477 g/mol. The molecule has 2 aromatic carbocycles. The molecule has 1 aliphatic rings. The number of ether oxygens (including phenoxy) is 1. The fourth-order valence-corrected chi connectivity index (χ4v) is 4.44. The average molecular weight is 478 g/mol. The van der Waals surface area contributed by atoms with Crippen LogP contribution in [0.25, 0.3) is 28.2 Å². The van der Waals surface area contributed by atoms with Crippen molar-refractivity contribution in [2.75, 3.05) is 6.54 Å². The summed E-state index contributed by atoms with van der Waals surface area (Å²) in [5.74, 6) is 2.07. The van der Waals surface area contributed by atoms with Gasteiger partial charge in [0.2, 0.25) is 5.91 Å². The molecule has 36 heavy (non-hydrogen) atoms. The molecule has 1 amide bonds. The van der Waals surface area contributed by atoms with Crippen molar-refractivity contribution in [2.24, 2.45) is 0 Å². The maximum absolute atomic E-state index is 12.3. The zero-order chi connectivity index (χ0) is 24.5. The van der Waals surface area contributed by atoms with Gasteiger partial charge in [-0.1, -0.05) is 12.1 Å². The number of H-pyrrole nitrogens is 1. The normalized spacial score (nSPS) is 13.4. The predicted octanol–water partition coefficient (Wildman–Crippen LogP) is 4.69. The lowest BCUT2D eigenvalue weighted by Crippen LogP contribution is -2.24. The molecule has 178 valence electrons. The van der Waals surface area contributed by atoms with Crippen molar-refractivity contribution in [1.29, 1.82) is 0 Å². The molecule has 0 atom stereocenters. The van der Waals surface area contributed by atoms with Crippen LogP contribution >= 0.6 is 0 Å². The molecular weight excluding hydrogens is 454 g/mol. The standard InChI is InChI=1S/C28H23N5O3/c34-26-8-5-14-32(26)18-19-16-23-24(31-28(30-23)22-6-1-3-13-29-22)17-25(19)36-21-11-9-20(10-12-21)33-15-4-2-7-27(33)35/h1-4,6-7,9-13,15-17H,5,8,14,18H2,(H,30,31). The molecule has 3 aromatic heterocycles. The molecule has 8 heteroatoms. The lowest BCUT2D eigenvalue weighted by molar-refractivity contribution is -0.128. The van der Waals surface area contributed by atoms with Gasteiger partial charge in [0.1, 0.15) is 17.2 Å². The highest BCUT2D eigenvalue weighted by Crippen LogP contribution is 2.32. The van der Waals surface area contributed by atoms with E-state index in [-0.39, 0.29) is 11.5 Å². The number of rotatable bonds is 6. The van der Waals surface area contributed by atoms with Crippen LogP contribution in [0, 0.1) is 0 Å². The van der Waals surface area contributed by atoms with Gasteiger partial charge in [-0.2, -0.15) is 0 Å². The summed E-state index contributed by atoms with van der Waals surface area (Å²) in [6.45, 7) is 1.19. The van der Waals surface area contributed by atoms with Gasteiger partial charge >= 0.3 is 0 Å². The Morgan fingerprint density at radius 1 is 0.972 bits per heavy atom. The third-order valence-corrected chi connectivity index (χ3v) is 6.27. The maximum Gasteiger partial charge on any atom is 0.255 e. The fourth-order valence-electron chi connectivity index (χ4n) is 4.44. The van der Waals surface area contributed by atoms with Gasteiger partial charge in [0, 0.05) is 55.3 Å². The van der Waals surface area contributed by atoms with Crippen molar-refractivity contribution >= 4 is 16.9 Å². The van der Waals surface area contributed by atoms with Gasteiger partial charge in [0.05, 0.1) is 11.0 Å². The van der Waals surface area contributed by atoms with Gasteiger partial charge < -0.3 is 14.6 Å². The van der Waals surface area contributed by atoms with E-state index in [1.165, 1.54) is 6.07 Å². The van der Waals surface area contributed by atoms with Crippen LogP contribution in [-0.2, 0) is 11.3 Å². The minimum Gasteiger partial charge on any atom is -0.457 e. The lowest BCUT2D eigenvalue weighted by Gasteiger charge is -2.18. The molecule has 1 aliphatic heterocycles. The minimum atomic E-state index is -0.101. The number of imidazole rings is 1. The quantitative estimate of drug-likeness (QED) is 0.383. The van der Waals surface area contributed by atoms with E-state index in [1.54, 1.807) is 23.0 Å². The Labute approximate surface area is 206 Å². The Morgan fingerprint density at radius 3 is 2.58 bits per heavy atom. The summed E-state index contributed by atoms with van der Waals surface area (Å²) in [7, 11) is 0. The molecule has 5 aromatic rings. The second-order valence-corrected chi connectivity index (χ2v) is 8.70. The minimum absolute atomic E-state index is 0.101. The highest BCUT2D eigenvalue weighted by molar-refractivity contribution is 5.82. The number of pyridine rings is 2. The molecule has 1 saturated heterocycles. The summed E-state index contributed by atoms with van der Waals surface area (Å²) in [5.41, 5.74) is 3.88. The van der Waals surface area contributed by atoms with Gasteiger partial charge in [0.25, 0.3) is 5.56 Å². The molecule has 8 nitrogen and oxygen atoms in total. The molecule has 0 unspecified atom stereocenters. The smallest absolute Gasteiger partial charge is 0.255 e. The van der Waals surface area contributed by atoms with E-state index in [0.717, 1.165) is 40.9 Å². The van der Waals surface area contributed by atoms with E-state index in [1.807, 2.05) is 65.6 Å². The van der Waals surface area contributed by atoms with Crippen LogP contribution in [0.15, 0.2) is 90.0 Å². The van der Waals surface area contributed by atoms with Crippen molar-refractivity contribution in [2.45, 2.75) is 19.4 Å². The van der Waals surface area contributed by atoms with Crippen LogP contribution in [0.4, 0.5) is 0 Å². The molecule has 0 spiro atoms. The molecule has 0 bridgehead atoms.